The van der Waals surface area contributed by atoms with E-state index in [1.165, 1.54) is 20.1 Å². The number of methoxy groups -OCH3 is 1. The second kappa shape index (κ2) is 10.1. The third-order valence-corrected chi connectivity index (χ3v) is 9.51. The number of anilines is 1. The summed E-state index contributed by atoms with van der Waals surface area (Å²) in [6.07, 6.45) is 1.24. The number of carbonyl (C=O) groups is 1. The predicted molar refractivity (Wildman–Crippen MR) is 168 cm³/mol. The zero-order valence-corrected chi connectivity index (χ0v) is 25.1. The molecule has 228 valence electrons. The number of phenolic OH excluding ortho intramolecular Hbond substituents is 1. The Balaban J connectivity index is 2.13. The number of aromatic hydroxyl groups is 1. The highest BCUT2D eigenvalue weighted by Gasteiger charge is 2.36. The molecule has 0 bridgehead atoms. The smallest absolute Gasteiger partial charge is 0.265 e. The highest BCUT2D eigenvalue weighted by Crippen LogP contribution is 2.54. The Morgan fingerprint density at radius 2 is 1.57 bits per heavy atom. The van der Waals surface area contributed by atoms with E-state index < -0.39 is 51.6 Å². The monoisotopic (exact) mass is 619 g/mol. The maximum atomic E-state index is 14.3. The Hall–Kier alpha value is -4.36. The number of allylic oxidation sites excluding steroid dienone is 1. The van der Waals surface area contributed by atoms with Gasteiger partial charge in [0, 0.05) is 34.6 Å². The minimum Gasteiger partial charge on any atom is -0.507 e. The fraction of sp³-hybridized carbons (Fsp3) is 0.281. The topological polar surface area (TPSA) is 188 Å². The van der Waals surface area contributed by atoms with Gasteiger partial charge in [-0.1, -0.05) is 11.6 Å². The first-order valence-corrected chi connectivity index (χ1v) is 15.4. The van der Waals surface area contributed by atoms with Crippen molar-refractivity contribution in [2.75, 3.05) is 25.2 Å². The molecule has 0 spiro atoms. The van der Waals surface area contributed by atoms with Crippen LogP contribution < -0.4 is 20.9 Å². The number of ketones is 1. The number of phenols is 1. The molecule has 0 amide bonds. The van der Waals surface area contributed by atoms with Crippen molar-refractivity contribution >= 4 is 70.8 Å². The normalized spacial score (nSPS) is 15.1. The molecule has 0 radical (unpaired) electrons. The Kier molecular flexibility index (Phi) is 6.81. The second-order valence-electron chi connectivity index (χ2n) is 11.2. The molecule has 11 nitrogen and oxygen atoms in total. The van der Waals surface area contributed by atoms with Crippen LogP contribution in [0.3, 0.4) is 0 Å². The molecule has 0 aromatic heterocycles. The fourth-order valence-corrected chi connectivity index (χ4v) is 7.65. The Morgan fingerprint density at radius 1 is 0.955 bits per heavy atom. The van der Waals surface area contributed by atoms with E-state index in [2.05, 4.69) is 5.32 Å². The highest BCUT2D eigenvalue weighted by atomic mass is 32.2. The summed E-state index contributed by atoms with van der Waals surface area (Å²) in [5, 5.41) is 37.8. The van der Waals surface area contributed by atoms with Crippen molar-refractivity contribution in [3.05, 3.63) is 66.0 Å². The molecule has 0 heterocycles. The molecule has 1 aliphatic rings. The first kappa shape index (κ1) is 29.7. The van der Waals surface area contributed by atoms with Gasteiger partial charge in [0.05, 0.1) is 42.8 Å². The van der Waals surface area contributed by atoms with E-state index in [-0.39, 0.29) is 50.8 Å². The van der Waals surface area contributed by atoms with Gasteiger partial charge in [-0.2, -0.15) is 8.42 Å². The van der Waals surface area contributed by atoms with Crippen molar-refractivity contribution in [1.82, 2.24) is 0 Å². The quantitative estimate of drug-likeness (QED) is 0.0975. The zero-order valence-electron chi connectivity index (χ0n) is 24.3. The van der Waals surface area contributed by atoms with Gasteiger partial charge in [0.15, 0.2) is 11.2 Å². The van der Waals surface area contributed by atoms with Crippen LogP contribution in [0.2, 0.25) is 0 Å². The van der Waals surface area contributed by atoms with Crippen LogP contribution in [-0.4, -0.2) is 54.0 Å². The molecule has 0 saturated carbocycles. The van der Waals surface area contributed by atoms with Crippen LogP contribution >= 0.6 is 0 Å². The summed E-state index contributed by atoms with van der Waals surface area (Å²) in [4.78, 5) is 41.3. The predicted octanol–water partition coefficient (Wildman–Crippen LogP) is 3.16. The first-order chi connectivity index (χ1) is 20.8. The molecule has 6 rings (SSSR count). The lowest BCUT2D eigenvalue weighted by Gasteiger charge is -2.25. The summed E-state index contributed by atoms with van der Waals surface area (Å²) < 4.78 is 39.0. The van der Waals surface area contributed by atoms with Gasteiger partial charge in [-0.05, 0) is 70.6 Å². The van der Waals surface area contributed by atoms with Crippen molar-refractivity contribution < 1.29 is 37.8 Å². The number of benzene rings is 5. The maximum Gasteiger partial charge on any atom is 0.265 e. The van der Waals surface area contributed by atoms with Crippen LogP contribution in [0.5, 0.6) is 11.5 Å². The Bertz CT molecular complexity index is 2340. The number of fused-ring (bicyclic) bond motifs is 1. The number of ether oxygens (including phenoxy) is 1. The minimum absolute atomic E-state index is 0.0494. The van der Waals surface area contributed by atoms with Crippen LogP contribution in [0.15, 0.2) is 27.3 Å². The highest BCUT2D eigenvalue weighted by molar-refractivity contribution is 7.85. The van der Waals surface area contributed by atoms with Crippen molar-refractivity contribution in [1.29, 1.82) is 0 Å². The van der Waals surface area contributed by atoms with Gasteiger partial charge in [-0.15, -0.1) is 0 Å². The number of hydrogen-bond donors (Lipinski definition) is 5. The van der Waals surface area contributed by atoms with Gasteiger partial charge in [0.1, 0.15) is 11.5 Å². The average molecular weight is 620 g/mol. The molecule has 44 heavy (non-hydrogen) atoms. The molecule has 1 aliphatic carbocycles. The van der Waals surface area contributed by atoms with E-state index in [1.807, 2.05) is 0 Å². The fourth-order valence-electron chi connectivity index (χ4n) is 7.19. The minimum atomic E-state index is -4.50. The lowest BCUT2D eigenvalue weighted by Crippen LogP contribution is -2.18. The van der Waals surface area contributed by atoms with Crippen LogP contribution in [-0.2, 0) is 34.5 Å². The van der Waals surface area contributed by atoms with Crippen molar-refractivity contribution in [3.8, 4) is 11.5 Å². The number of aliphatic hydroxyl groups is 2. The molecule has 0 fully saturated rings. The summed E-state index contributed by atoms with van der Waals surface area (Å²) in [7, 11) is -1.58. The molecule has 1 unspecified atom stereocenters. The number of carbonyl (C=O) groups excluding carboxylic acids is 1. The SMILES string of the molecule is CNc1cc(CO)c2c3c(CO)cc(=O)c4c(O)c(CCS(=O)(=O)O)c5c(c6c(c(OC)c(=O)c1c26)C(C(C)=O)C(C)=C5)c43. The molecule has 5 aromatic carbocycles. The van der Waals surface area contributed by atoms with Crippen molar-refractivity contribution in [2.24, 2.45) is 0 Å². The first-order valence-electron chi connectivity index (χ1n) is 13.8. The second-order valence-corrected chi connectivity index (χ2v) is 12.7. The summed E-state index contributed by atoms with van der Waals surface area (Å²) in [6.45, 7) is 1.95. The lowest BCUT2D eigenvalue weighted by atomic mass is 9.79. The maximum absolute atomic E-state index is 14.3. The largest absolute Gasteiger partial charge is 0.507 e. The Labute approximate surface area is 250 Å². The van der Waals surface area contributed by atoms with Gasteiger partial charge in [0.2, 0.25) is 5.43 Å². The van der Waals surface area contributed by atoms with Gasteiger partial charge >= 0.3 is 0 Å². The molecule has 5 N–H and O–H groups in total. The van der Waals surface area contributed by atoms with Crippen molar-refractivity contribution in [2.45, 2.75) is 39.4 Å². The average Bonchev–Trinajstić information content (AvgIpc) is 3.09. The summed E-state index contributed by atoms with van der Waals surface area (Å²) >= 11 is 0. The van der Waals surface area contributed by atoms with Crippen LogP contribution in [0.4, 0.5) is 5.69 Å². The van der Waals surface area contributed by atoms with Crippen LogP contribution in [0.1, 0.15) is 47.6 Å². The molecule has 12 heteroatoms. The Morgan fingerprint density at radius 3 is 2.11 bits per heavy atom. The van der Waals surface area contributed by atoms with E-state index in [4.69, 9.17) is 4.74 Å². The van der Waals surface area contributed by atoms with E-state index in [9.17, 15) is 42.7 Å². The van der Waals surface area contributed by atoms with E-state index in [0.29, 0.717) is 49.3 Å². The number of hydrogen-bond acceptors (Lipinski definition) is 10. The molecule has 1 atom stereocenters. The molecular weight excluding hydrogens is 590 g/mol. The third-order valence-electron chi connectivity index (χ3n) is 8.79. The van der Waals surface area contributed by atoms with Gasteiger partial charge < -0.3 is 25.4 Å². The summed E-state index contributed by atoms with van der Waals surface area (Å²) in [5.74, 6) is -2.70. The number of nitrogens with one attached hydrogen (secondary N) is 1. The summed E-state index contributed by atoms with van der Waals surface area (Å²) in [5.41, 5.74) is 0.784. The third kappa shape index (κ3) is 3.91. The number of rotatable bonds is 8. The molecule has 0 aliphatic heterocycles. The summed E-state index contributed by atoms with van der Waals surface area (Å²) in [6, 6.07) is 2.76. The molecule has 5 aromatic rings. The van der Waals surface area contributed by atoms with Crippen LogP contribution in [0, 0.1) is 0 Å². The number of Topliss-reactive ketones (excluding diaryl/α,β-unsaturated/α-hetero) is 1. The van der Waals surface area contributed by atoms with E-state index in [1.54, 1.807) is 26.1 Å². The van der Waals surface area contributed by atoms with Crippen molar-refractivity contribution in [3.63, 3.8) is 0 Å². The standard InChI is InChI=1S/C32H29NO10S/c1-12-7-17-16(5-6-44(40,41)42)30(38)25-19(37)9-15(11-35)22-21-14(10-34)8-18(33-3)24-27(21)28(23(17)26(22)25)29(20(12)13(2)36)32(43-4)31(24)39/h7-9,20,33-35,38H,5-6,10-11H2,1-4H3,(H,40,41,42). The van der Waals surface area contributed by atoms with E-state index >= 15 is 0 Å². The van der Waals surface area contributed by atoms with E-state index in [0.717, 1.165) is 0 Å². The number of aliphatic hydroxyl groups excluding tert-OH is 2. The van der Waals surface area contributed by atoms with Gasteiger partial charge in [-0.25, -0.2) is 0 Å². The van der Waals surface area contributed by atoms with Gasteiger partial charge in [-0.3, -0.25) is 18.9 Å². The molecule has 0 saturated heterocycles. The van der Waals surface area contributed by atoms with Crippen LogP contribution in [0.25, 0.3) is 49.2 Å². The van der Waals surface area contributed by atoms with Gasteiger partial charge in [0.25, 0.3) is 10.1 Å². The lowest BCUT2D eigenvalue weighted by molar-refractivity contribution is -0.117. The molecular formula is C32H29NO10S. The zero-order chi connectivity index (χ0) is 32.0.